The average molecular weight is 294 g/mol. The molecule has 0 unspecified atom stereocenters. The second-order valence-corrected chi connectivity index (χ2v) is 5.27. The van der Waals surface area contributed by atoms with E-state index in [4.69, 9.17) is 0 Å². The van der Waals surface area contributed by atoms with Crippen LogP contribution >= 0.6 is 11.8 Å². The lowest BCUT2D eigenvalue weighted by molar-refractivity contribution is -0.118. The number of halogens is 1. The number of hydrogen-bond acceptors (Lipinski definition) is 4. The van der Waals surface area contributed by atoms with E-state index in [1.54, 1.807) is 12.1 Å². The molecule has 2 aromatic rings. The van der Waals surface area contributed by atoms with Gasteiger partial charge in [-0.25, -0.2) is 4.39 Å². The molecule has 0 fully saturated rings. The van der Waals surface area contributed by atoms with Crippen LogP contribution in [0.3, 0.4) is 0 Å². The van der Waals surface area contributed by atoms with Crippen molar-refractivity contribution in [3.63, 3.8) is 0 Å². The number of rotatable bonds is 5. The van der Waals surface area contributed by atoms with E-state index < -0.39 is 0 Å². The maximum Gasteiger partial charge on any atom is 0.216 e. The van der Waals surface area contributed by atoms with Gasteiger partial charge in [-0.1, -0.05) is 11.8 Å². The summed E-state index contributed by atoms with van der Waals surface area (Å²) >= 11 is 1.51. The predicted octanol–water partition coefficient (Wildman–Crippen LogP) is 1.85. The van der Waals surface area contributed by atoms with Gasteiger partial charge in [-0.15, -0.1) is 10.2 Å². The van der Waals surface area contributed by atoms with Crippen LogP contribution in [0.2, 0.25) is 0 Å². The lowest BCUT2D eigenvalue weighted by Gasteiger charge is -2.04. The van der Waals surface area contributed by atoms with Crippen LogP contribution in [-0.2, 0) is 11.8 Å². The third kappa shape index (κ3) is 3.57. The fraction of sp³-hybridized carbons (Fsp3) is 0.308. The van der Waals surface area contributed by atoms with Gasteiger partial charge in [-0.05, 0) is 24.3 Å². The minimum absolute atomic E-state index is 0.0458. The number of benzene rings is 1. The molecule has 0 aliphatic carbocycles. The molecule has 0 atom stereocenters. The van der Waals surface area contributed by atoms with E-state index in [1.165, 1.54) is 30.8 Å². The summed E-state index contributed by atoms with van der Waals surface area (Å²) in [5, 5.41) is 11.7. The summed E-state index contributed by atoms with van der Waals surface area (Å²) in [7, 11) is 1.86. The highest BCUT2D eigenvalue weighted by Crippen LogP contribution is 2.22. The summed E-state index contributed by atoms with van der Waals surface area (Å²) in [6.07, 6.45) is 0. The van der Waals surface area contributed by atoms with Crippen LogP contribution in [0.1, 0.15) is 6.92 Å². The number of amides is 1. The number of nitrogens with zero attached hydrogens (tertiary/aromatic N) is 3. The number of carbonyl (C=O) groups is 1. The van der Waals surface area contributed by atoms with E-state index in [0.717, 1.165) is 16.5 Å². The number of thioether (sulfide) groups is 1. The van der Waals surface area contributed by atoms with Crippen LogP contribution in [0.15, 0.2) is 29.4 Å². The number of carbonyl (C=O) groups excluding carboxylic acids is 1. The zero-order valence-corrected chi connectivity index (χ0v) is 12.1. The first-order chi connectivity index (χ1) is 9.58. The zero-order valence-electron chi connectivity index (χ0n) is 11.3. The molecule has 1 aromatic heterocycles. The minimum Gasteiger partial charge on any atom is -0.356 e. The molecule has 5 nitrogen and oxygen atoms in total. The summed E-state index contributed by atoms with van der Waals surface area (Å²) in [5.74, 6) is 1.08. The van der Waals surface area contributed by atoms with Gasteiger partial charge in [-0.2, -0.15) is 0 Å². The monoisotopic (exact) mass is 294 g/mol. The molecule has 1 aromatic carbocycles. The Morgan fingerprint density at radius 3 is 2.70 bits per heavy atom. The Balaban J connectivity index is 2.03. The molecule has 0 aliphatic heterocycles. The van der Waals surface area contributed by atoms with Crippen molar-refractivity contribution in [1.29, 1.82) is 0 Å². The molecule has 106 valence electrons. The van der Waals surface area contributed by atoms with Crippen molar-refractivity contribution in [3.05, 3.63) is 30.1 Å². The van der Waals surface area contributed by atoms with Crippen molar-refractivity contribution >= 4 is 17.7 Å². The summed E-state index contributed by atoms with van der Waals surface area (Å²) in [5.41, 5.74) is 0.815. The van der Waals surface area contributed by atoms with Gasteiger partial charge in [0, 0.05) is 31.8 Å². The molecular weight excluding hydrogens is 279 g/mol. The quantitative estimate of drug-likeness (QED) is 0.675. The van der Waals surface area contributed by atoms with Gasteiger partial charge in [-0.3, -0.25) is 4.79 Å². The number of hydrogen-bond donors (Lipinski definition) is 1. The summed E-state index contributed by atoms with van der Waals surface area (Å²) < 4.78 is 14.8. The van der Waals surface area contributed by atoms with Crippen LogP contribution in [0, 0.1) is 5.82 Å². The maximum atomic E-state index is 12.9. The molecule has 1 N–H and O–H groups in total. The lowest BCUT2D eigenvalue weighted by atomic mass is 10.2. The van der Waals surface area contributed by atoms with Crippen LogP contribution < -0.4 is 5.32 Å². The van der Waals surface area contributed by atoms with Gasteiger partial charge < -0.3 is 9.88 Å². The van der Waals surface area contributed by atoms with Crippen LogP contribution in [0.4, 0.5) is 4.39 Å². The van der Waals surface area contributed by atoms with Gasteiger partial charge in [0.2, 0.25) is 5.91 Å². The third-order valence-corrected chi connectivity index (χ3v) is 3.67. The van der Waals surface area contributed by atoms with Gasteiger partial charge in [0.25, 0.3) is 0 Å². The van der Waals surface area contributed by atoms with Gasteiger partial charge in [0.15, 0.2) is 11.0 Å². The molecule has 0 bridgehead atoms. The summed E-state index contributed by atoms with van der Waals surface area (Å²) in [6, 6.07) is 6.14. The van der Waals surface area contributed by atoms with Crippen molar-refractivity contribution in [2.24, 2.45) is 7.05 Å². The molecule has 0 saturated carbocycles. The molecular formula is C13H15FN4OS. The number of nitrogens with one attached hydrogen (secondary N) is 1. The minimum atomic E-state index is -0.277. The second kappa shape index (κ2) is 6.51. The summed E-state index contributed by atoms with van der Waals surface area (Å²) in [4.78, 5) is 10.8. The van der Waals surface area contributed by atoms with E-state index in [0.29, 0.717) is 12.4 Å². The van der Waals surface area contributed by atoms with Crippen molar-refractivity contribution in [3.8, 4) is 11.4 Å². The van der Waals surface area contributed by atoms with Gasteiger partial charge in [0.1, 0.15) is 5.82 Å². The first-order valence-electron chi connectivity index (χ1n) is 6.10. The van der Waals surface area contributed by atoms with Crippen molar-refractivity contribution in [2.45, 2.75) is 12.1 Å². The largest absolute Gasteiger partial charge is 0.356 e. The molecule has 0 spiro atoms. The predicted molar refractivity (Wildman–Crippen MR) is 75.8 cm³/mol. The molecule has 0 saturated heterocycles. The average Bonchev–Trinajstić information content (AvgIpc) is 2.77. The van der Waals surface area contributed by atoms with E-state index in [-0.39, 0.29) is 11.7 Å². The van der Waals surface area contributed by atoms with E-state index in [1.807, 2.05) is 11.6 Å². The molecule has 2 rings (SSSR count). The lowest BCUT2D eigenvalue weighted by Crippen LogP contribution is -2.22. The van der Waals surface area contributed by atoms with Crippen LogP contribution in [-0.4, -0.2) is 33.0 Å². The van der Waals surface area contributed by atoms with Crippen molar-refractivity contribution in [1.82, 2.24) is 20.1 Å². The van der Waals surface area contributed by atoms with Crippen molar-refractivity contribution < 1.29 is 9.18 Å². The second-order valence-electron chi connectivity index (χ2n) is 4.20. The van der Waals surface area contributed by atoms with E-state index in [2.05, 4.69) is 15.5 Å². The first-order valence-corrected chi connectivity index (χ1v) is 7.09. The highest BCUT2D eigenvalue weighted by Gasteiger charge is 2.11. The van der Waals surface area contributed by atoms with Crippen LogP contribution in [0.5, 0.6) is 0 Å². The fourth-order valence-corrected chi connectivity index (χ4v) is 2.43. The van der Waals surface area contributed by atoms with Crippen LogP contribution in [0.25, 0.3) is 11.4 Å². The van der Waals surface area contributed by atoms with E-state index >= 15 is 0 Å². The molecule has 20 heavy (non-hydrogen) atoms. The molecule has 0 aliphatic rings. The molecule has 0 radical (unpaired) electrons. The zero-order chi connectivity index (χ0) is 14.5. The third-order valence-electron chi connectivity index (χ3n) is 2.64. The first kappa shape index (κ1) is 14.5. The normalized spacial score (nSPS) is 10.6. The Kier molecular flexibility index (Phi) is 4.73. The van der Waals surface area contributed by atoms with E-state index in [9.17, 15) is 9.18 Å². The Bertz CT molecular complexity index is 597. The highest BCUT2D eigenvalue weighted by atomic mass is 32.2. The Morgan fingerprint density at radius 2 is 2.05 bits per heavy atom. The molecule has 7 heteroatoms. The highest BCUT2D eigenvalue weighted by molar-refractivity contribution is 7.99. The fourth-order valence-electron chi connectivity index (χ4n) is 1.66. The van der Waals surface area contributed by atoms with Gasteiger partial charge >= 0.3 is 0 Å². The summed E-state index contributed by atoms with van der Waals surface area (Å²) in [6.45, 7) is 2.07. The Morgan fingerprint density at radius 1 is 1.35 bits per heavy atom. The SMILES string of the molecule is CC(=O)NCCSc1nnc(-c2ccc(F)cc2)n1C. The van der Waals surface area contributed by atoms with Gasteiger partial charge in [0.05, 0.1) is 0 Å². The molecule has 1 amide bonds. The maximum absolute atomic E-state index is 12.9. The van der Waals surface area contributed by atoms with Crippen molar-refractivity contribution in [2.75, 3.05) is 12.3 Å². The Labute approximate surface area is 120 Å². The topological polar surface area (TPSA) is 59.8 Å². The smallest absolute Gasteiger partial charge is 0.216 e. The molecule has 1 heterocycles. The number of aromatic nitrogens is 3. The Hall–Kier alpha value is -1.89. The standard InChI is InChI=1S/C13H15FN4OS/c1-9(19)15-7-8-20-13-17-16-12(18(13)2)10-3-5-11(14)6-4-10/h3-6H,7-8H2,1-2H3,(H,15,19).